The zero-order chi connectivity index (χ0) is 18.8. The van der Waals surface area contributed by atoms with E-state index in [0.717, 1.165) is 37.2 Å². The smallest absolute Gasteiger partial charge is 0.258 e. The number of carbonyl (C=O) groups excluding carboxylic acids is 1. The number of aryl methyl sites for hydroxylation is 1. The summed E-state index contributed by atoms with van der Waals surface area (Å²) in [7, 11) is 0. The van der Waals surface area contributed by atoms with Crippen LogP contribution >= 0.6 is 0 Å². The molecule has 0 fully saturated rings. The number of hydrogen-bond donors (Lipinski definition) is 1. The molecule has 3 aromatic rings. The SMILES string of the molecule is O=C(Nc1c(F)cccc1F)c1cnc(N2CCCc3ccccc32)nc1. The summed E-state index contributed by atoms with van der Waals surface area (Å²) in [6.45, 7) is 0.781. The van der Waals surface area contributed by atoms with E-state index >= 15 is 0 Å². The Morgan fingerprint density at radius 2 is 1.70 bits per heavy atom. The summed E-state index contributed by atoms with van der Waals surface area (Å²) in [5.41, 5.74) is 1.90. The Bertz CT molecular complexity index is 971. The molecule has 0 bridgehead atoms. The van der Waals surface area contributed by atoms with Crippen LogP contribution in [0.4, 0.5) is 26.1 Å². The monoisotopic (exact) mass is 366 g/mol. The van der Waals surface area contributed by atoms with E-state index in [0.29, 0.717) is 5.95 Å². The largest absolute Gasteiger partial charge is 0.317 e. The van der Waals surface area contributed by atoms with Gasteiger partial charge in [0.2, 0.25) is 5.95 Å². The van der Waals surface area contributed by atoms with Gasteiger partial charge in [-0.05, 0) is 36.6 Å². The number of carbonyl (C=O) groups is 1. The Kier molecular flexibility index (Phi) is 4.50. The van der Waals surface area contributed by atoms with Gasteiger partial charge in [0, 0.05) is 24.6 Å². The van der Waals surface area contributed by atoms with Crippen molar-refractivity contribution in [1.29, 1.82) is 0 Å². The second-order valence-electron chi connectivity index (χ2n) is 6.21. The molecule has 0 unspecified atom stereocenters. The predicted molar refractivity (Wildman–Crippen MR) is 98.1 cm³/mol. The maximum atomic E-state index is 13.7. The number of benzene rings is 2. The van der Waals surface area contributed by atoms with Crippen LogP contribution < -0.4 is 10.2 Å². The van der Waals surface area contributed by atoms with Crippen molar-refractivity contribution >= 4 is 23.2 Å². The molecule has 1 N–H and O–H groups in total. The van der Waals surface area contributed by atoms with Crippen LogP contribution in [0.15, 0.2) is 54.9 Å². The normalized spacial score (nSPS) is 13.2. The van der Waals surface area contributed by atoms with Crippen molar-refractivity contribution in [1.82, 2.24) is 9.97 Å². The van der Waals surface area contributed by atoms with Gasteiger partial charge in [-0.1, -0.05) is 24.3 Å². The number of para-hydroxylation sites is 2. The van der Waals surface area contributed by atoms with Crippen molar-refractivity contribution < 1.29 is 13.6 Å². The Balaban J connectivity index is 1.56. The first-order valence-corrected chi connectivity index (χ1v) is 8.56. The first kappa shape index (κ1) is 17.1. The third-order valence-corrected chi connectivity index (χ3v) is 4.45. The maximum Gasteiger partial charge on any atom is 0.258 e. The number of amides is 1. The van der Waals surface area contributed by atoms with E-state index in [4.69, 9.17) is 0 Å². The van der Waals surface area contributed by atoms with Crippen LogP contribution in [0, 0.1) is 11.6 Å². The van der Waals surface area contributed by atoms with E-state index in [1.54, 1.807) is 0 Å². The van der Waals surface area contributed by atoms with Gasteiger partial charge in [-0.3, -0.25) is 4.79 Å². The Hall–Kier alpha value is -3.35. The van der Waals surface area contributed by atoms with E-state index in [1.807, 2.05) is 23.1 Å². The summed E-state index contributed by atoms with van der Waals surface area (Å²) in [6.07, 6.45) is 4.69. The molecular formula is C20H16F2N4O. The van der Waals surface area contributed by atoms with Gasteiger partial charge in [0.1, 0.15) is 17.3 Å². The highest BCUT2D eigenvalue weighted by atomic mass is 19.1. The van der Waals surface area contributed by atoms with E-state index < -0.39 is 23.2 Å². The van der Waals surface area contributed by atoms with Crippen molar-refractivity contribution in [2.75, 3.05) is 16.8 Å². The summed E-state index contributed by atoms with van der Waals surface area (Å²) in [5.74, 6) is -1.88. The number of nitrogens with one attached hydrogen (secondary N) is 1. The lowest BCUT2D eigenvalue weighted by Gasteiger charge is -2.29. The summed E-state index contributed by atoms with van der Waals surface area (Å²) >= 11 is 0. The van der Waals surface area contributed by atoms with Crippen molar-refractivity contribution in [3.63, 3.8) is 0 Å². The Labute approximate surface area is 154 Å². The standard InChI is InChI=1S/C20H16F2N4O/c21-15-7-3-8-16(22)18(15)25-19(27)14-11-23-20(24-12-14)26-10-4-6-13-5-1-2-9-17(13)26/h1-3,5,7-9,11-12H,4,6,10H2,(H,25,27). The number of anilines is 3. The molecule has 0 radical (unpaired) electrons. The zero-order valence-electron chi connectivity index (χ0n) is 14.3. The van der Waals surface area contributed by atoms with Gasteiger partial charge in [-0.15, -0.1) is 0 Å². The highest BCUT2D eigenvalue weighted by molar-refractivity contribution is 6.04. The highest BCUT2D eigenvalue weighted by Gasteiger charge is 2.20. The van der Waals surface area contributed by atoms with Crippen LogP contribution in [0.5, 0.6) is 0 Å². The van der Waals surface area contributed by atoms with Gasteiger partial charge < -0.3 is 10.2 Å². The van der Waals surface area contributed by atoms with Gasteiger partial charge in [-0.25, -0.2) is 18.7 Å². The van der Waals surface area contributed by atoms with Gasteiger partial charge in [0.25, 0.3) is 5.91 Å². The highest BCUT2D eigenvalue weighted by Crippen LogP contribution is 2.31. The number of fused-ring (bicyclic) bond motifs is 1. The number of halogens is 2. The second kappa shape index (κ2) is 7.11. The molecule has 1 amide bonds. The molecule has 2 aromatic carbocycles. The van der Waals surface area contributed by atoms with Gasteiger partial charge >= 0.3 is 0 Å². The molecule has 136 valence electrons. The molecule has 2 heterocycles. The van der Waals surface area contributed by atoms with Crippen LogP contribution in [-0.2, 0) is 6.42 Å². The molecule has 0 saturated carbocycles. The molecule has 5 nitrogen and oxygen atoms in total. The predicted octanol–water partition coefficient (Wildman–Crippen LogP) is 4.09. The quantitative estimate of drug-likeness (QED) is 0.758. The van der Waals surface area contributed by atoms with E-state index in [9.17, 15) is 13.6 Å². The summed E-state index contributed by atoms with van der Waals surface area (Å²) in [4.78, 5) is 22.8. The number of rotatable bonds is 3. The third kappa shape index (κ3) is 3.36. The summed E-state index contributed by atoms with van der Waals surface area (Å²) < 4.78 is 27.4. The fourth-order valence-electron chi connectivity index (χ4n) is 3.12. The molecule has 0 aliphatic carbocycles. The summed E-state index contributed by atoms with van der Waals surface area (Å²) in [6, 6.07) is 11.4. The lowest BCUT2D eigenvalue weighted by atomic mass is 10.0. The topological polar surface area (TPSA) is 58.1 Å². The molecule has 4 rings (SSSR count). The van der Waals surface area contributed by atoms with Crippen molar-refractivity contribution in [2.45, 2.75) is 12.8 Å². The van der Waals surface area contributed by atoms with Crippen LogP contribution in [0.3, 0.4) is 0 Å². The molecule has 0 saturated heterocycles. The third-order valence-electron chi connectivity index (χ3n) is 4.45. The molecule has 0 atom stereocenters. The van der Waals surface area contributed by atoms with Crippen LogP contribution in [0.25, 0.3) is 0 Å². The number of hydrogen-bond acceptors (Lipinski definition) is 4. The van der Waals surface area contributed by atoms with Gasteiger partial charge in [0.15, 0.2) is 0 Å². The van der Waals surface area contributed by atoms with Crippen LogP contribution in [0.2, 0.25) is 0 Å². The number of nitrogens with zero attached hydrogens (tertiary/aromatic N) is 3. The minimum Gasteiger partial charge on any atom is -0.317 e. The molecule has 7 heteroatoms. The Morgan fingerprint density at radius 3 is 2.44 bits per heavy atom. The minimum atomic E-state index is -0.842. The molecule has 1 aliphatic rings. The van der Waals surface area contributed by atoms with Crippen molar-refractivity contribution in [3.05, 3.63) is 77.6 Å². The minimum absolute atomic E-state index is 0.117. The molecule has 1 aliphatic heterocycles. The molecule has 0 spiro atoms. The second-order valence-corrected chi connectivity index (χ2v) is 6.21. The average molecular weight is 366 g/mol. The van der Waals surface area contributed by atoms with Crippen molar-refractivity contribution in [3.8, 4) is 0 Å². The molecule has 1 aromatic heterocycles. The van der Waals surface area contributed by atoms with E-state index in [2.05, 4.69) is 21.4 Å². The Morgan fingerprint density at radius 1 is 1.00 bits per heavy atom. The lowest BCUT2D eigenvalue weighted by Crippen LogP contribution is -2.26. The lowest BCUT2D eigenvalue weighted by molar-refractivity contribution is 0.102. The first-order chi connectivity index (χ1) is 13.1. The van der Waals surface area contributed by atoms with Crippen molar-refractivity contribution in [2.24, 2.45) is 0 Å². The first-order valence-electron chi connectivity index (χ1n) is 8.56. The fourth-order valence-corrected chi connectivity index (χ4v) is 3.12. The molecular weight excluding hydrogens is 350 g/mol. The van der Waals surface area contributed by atoms with Gasteiger partial charge in [0.05, 0.1) is 5.56 Å². The maximum absolute atomic E-state index is 13.7. The van der Waals surface area contributed by atoms with Gasteiger partial charge in [-0.2, -0.15) is 0 Å². The van der Waals surface area contributed by atoms with Crippen LogP contribution in [-0.4, -0.2) is 22.4 Å². The van der Waals surface area contributed by atoms with E-state index in [-0.39, 0.29) is 5.56 Å². The zero-order valence-corrected chi connectivity index (χ0v) is 14.3. The van der Waals surface area contributed by atoms with E-state index in [1.165, 1.54) is 24.0 Å². The number of aromatic nitrogens is 2. The fraction of sp³-hybridized carbons (Fsp3) is 0.150. The average Bonchev–Trinajstić information content (AvgIpc) is 2.70. The van der Waals surface area contributed by atoms with Crippen LogP contribution in [0.1, 0.15) is 22.3 Å². The summed E-state index contributed by atoms with van der Waals surface area (Å²) in [5, 5.41) is 2.23. The molecule has 27 heavy (non-hydrogen) atoms.